The van der Waals surface area contributed by atoms with Gasteiger partial charge in [0.05, 0.1) is 18.6 Å². The minimum atomic E-state index is -0.412. The normalized spacial score (nSPS) is 10.7. The maximum Gasteiger partial charge on any atom is 0.270 e. The molecule has 0 fully saturated rings. The zero-order chi connectivity index (χ0) is 13.2. The molecule has 0 aliphatic heterocycles. The van der Waals surface area contributed by atoms with Gasteiger partial charge in [-0.2, -0.15) is 5.10 Å². The lowest BCUT2D eigenvalue weighted by molar-refractivity contribution is 0.0945. The van der Waals surface area contributed by atoms with Crippen molar-refractivity contribution in [2.24, 2.45) is 0 Å². The summed E-state index contributed by atoms with van der Waals surface area (Å²) in [6.45, 7) is 0.288. The van der Waals surface area contributed by atoms with Crippen LogP contribution in [0.5, 0.6) is 0 Å². The number of aromatic amines is 1. The van der Waals surface area contributed by atoms with Crippen LogP contribution in [0.4, 0.5) is 0 Å². The van der Waals surface area contributed by atoms with E-state index in [2.05, 4.69) is 25.4 Å². The molecule has 0 spiro atoms. The fourth-order valence-electron chi connectivity index (χ4n) is 1.55. The van der Waals surface area contributed by atoms with Crippen LogP contribution in [0.1, 0.15) is 16.2 Å². The molecule has 0 aliphatic carbocycles. The van der Waals surface area contributed by atoms with Crippen LogP contribution in [0.3, 0.4) is 0 Å². The Hall–Kier alpha value is -2.55. The van der Waals surface area contributed by atoms with Gasteiger partial charge in [0.2, 0.25) is 4.96 Å². The van der Waals surface area contributed by atoms with Gasteiger partial charge in [-0.3, -0.25) is 9.59 Å². The monoisotopic (exact) mass is 276 g/mol. The first-order chi connectivity index (χ1) is 9.24. The van der Waals surface area contributed by atoms with Crippen LogP contribution < -0.4 is 10.9 Å². The Kier molecular flexibility index (Phi) is 2.80. The van der Waals surface area contributed by atoms with E-state index in [4.69, 9.17) is 0 Å². The second kappa shape index (κ2) is 4.61. The predicted octanol–water partition coefficient (Wildman–Crippen LogP) is -0.196. The van der Waals surface area contributed by atoms with Gasteiger partial charge in [0, 0.05) is 11.4 Å². The fraction of sp³-hybridized carbons (Fsp3) is 0.100. The van der Waals surface area contributed by atoms with E-state index in [1.165, 1.54) is 24.0 Å². The number of nitrogens with zero attached hydrogens (tertiary/aromatic N) is 4. The smallest absolute Gasteiger partial charge is 0.270 e. The van der Waals surface area contributed by atoms with Crippen LogP contribution in [0, 0.1) is 0 Å². The Morgan fingerprint density at radius 2 is 2.37 bits per heavy atom. The second-order valence-electron chi connectivity index (χ2n) is 3.66. The molecule has 3 rings (SSSR count). The lowest BCUT2D eigenvalue weighted by atomic mass is 10.3. The van der Waals surface area contributed by atoms with Crippen LogP contribution in [-0.4, -0.2) is 30.5 Å². The number of carbonyl (C=O) groups excluding carboxylic acids is 1. The number of hydrogen-bond acceptors (Lipinski definition) is 6. The summed E-state index contributed by atoms with van der Waals surface area (Å²) in [5, 5.41) is 8.57. The first-order valence-electron chi connectivity index (χ1n) is 5.33. The number of nitrogens with one attached hydrogen (secondary N) is 2. The Balaban J connectivity index is 1.74. The van der Waals surface area contributed by atoms with Crippen molar-refractivity contribution >= 4 is 22.2 Å². The molecule has 3 heterocycles. The molecule has 1 amide bonds. The zero-order valence-corrected chi connectivity index (χ0v) is 10.3. The van der Waals surface area contributed by atoms with Crippen LogP contribution in [-0.2, 0) is 6.54 Å². The van der Waals surface area contributed by atoms with Crippen molar-refractivity contribution in [2.75, 3.05) is 0 Å². The molecule has 0 bridgehead atoms. The zero-order valence-electron chi connectivity index (χ0n) is 9.53. The largest absolute Gasteiger partial charge is 0.345 e. The van der Waals surface area contributed by atoms with E-state index in [-0.39, 0.29) is 17.8 Å². The van der Waals surface area contributed by atoms with Gasteiger partial charge in [0.25, 0.3) is 11.5 Å². The Labute approximate surface area is 110 Å². The van der Waals surface area contributed by atoms with Gasteiger partial charge in [-0.1, -0.05) is 0 Å². The number of thiazole rings is 1. The Bertz CT molecular complexity index is 788. The molecule has 96 valence electrons. The van der Waals surface area contributed by atoms with E-state index < -0.39 is 5.91 Å². The Morgan fingerprint density at radius 3 is 3.21 bits per heavy atom. The molecule has 0 aromatic carbocycles. The summed E-state index contributed by atoms with van der Waals surface area (Å²) in [5.74, 6) is -0.412. The van der Waals surface area contributed by atoms with Crippen molar-refractivity contribution in [3.63, 3.8) is 0 Å². The molecular formula is C10H8N6O2S. The van der Waals surface area contributed by atoms with Crippen molar-refractivity contribution in [2.45, 2.75) is 6.54 Å². The molecule has 0 saturated heterocycles. The average Bonchev–Trinajstić information content (AvgIpc) is 2.99. The van der Waals surface area contributed by atoms with Gasteiger partial charge >= 0.3 is 0 Å². The van der Waals surface area contributed by atoms with E-state index in [0.717, 1.165) is 16.7 Å². The summed E-state index contributed by atoms with van der Waals surface area (Å²) in [6.07, 6.45) is 2.65. The van der Waals surface area contributed by atoms with Gasteiger partial charge < -0.3 is 10.3 Å². The first kappa shape index (κ1) is 11.5. The number of fused-ring (bicyclic) bond motifs is 1. The lowest BCUT2D eigenvalue weighted by Crippen LogP contribution is -2.26. The summed E-state index contributed by atoms with van der Waals surface area (Å²) in [6, 6.07) is 1.15. The quantitative estimate of drug-likeness (QED) is 0.689. The third-order valence-electron chi connectivity index (χ3n) is 2.43. The molecule has 19 heavy (non-hydrogen) atoms. The minimum absolute atomic E-state index is 0.0776. The van der Waals surface area contributed by atoms with Gasteiger partial charge in [-0.15, -0.1) is 11.3 Å². The standard InChI is InChI=1S/C10H8N6O2S/c17-8-1-7(12-4-13-8)9(18)11-2-6-3-19-10-14-5-15-16(6)10/h1,3-5H,2H2,(H,11,18)(H,12,13,17). The van der Waals surface area contributed by atoms with Gasteiger partial charge in [-0.25, -0.2) is 14.5 Å². The van der Waals surface area contributed by atoms with E-state index in [9.17, 15) is 9.59 Å². The van der Waals surface area contributed by atoms with E-state index in [0.29, 0.717) is 0 Å². The highest BCUT2D eigenvalue weighted by Crippen LogP contribution is 2.12. The molecule has 0 saturated carbocycles. The number of rotatable bonds is 3. The van der Waals surface area contributed by atoms with Crippen molar-refractivity contribution in [3.8, 4) is 0 Å². The molecule has 8 nitrogen and oxygen atoms in total. The highest BCUT2D eigenvalue weighted by atomic mass is 32.1. The van der Waals surface area contributed by atoms with Crippen molar-refractivity contribution in [3.05, 3.63) is 45.8 Å². The van der Waals surface area contributed by atoms with Gasteiger partial charge in [0.1, 0.15) is 12.0 Å². The summed E-state index contributed by atoms with van der Waals surface area (Å²) in [5.41, 5.74) is 0.527. The molecule has 0 atom stereocenters. The molecule has 9 heteroatoms. The Morgan fingerprint density at radius 1 is 1.47 bits per heavy atom. The maximum absolute atomic E-state index is 11.8. The summed E-state index contributed by atoms with van der Waals surface area (Å²) in [4.78, 5) is 33.8. The van der Waals surface area contributed by atoms with Gasteiger partial charge in [-0.05, 0) is 0 Å². The van der Waals surface area contributed by atoms with Crippen molar-refractivity contribution < 1.29 is 4.79 Å². The first-order valence-corrected chi connectivity index (χ1v) is 6.21. The minimum Gasteiger partial charge on any atom is -0.345 e. The topological polar surface area (TPSA) is 105 Å². The molecular weight excluding hydrogens is 268 g/mol. The summed E-state index contributed by atoms with van der Waals surface area (Å²) in [7, 11) is 0. The summed E-state index contributed by atoms with van der Waals surface area (Å²) < 4.78 is 1.65. The molecule has 0 unspecified atom stereocenters. The average molecular weight is 276 g/mol. The number of carbonyl (C=O) groups is 1. The van der Waals surface area contributed by atoms with Crippen molar-refractivity contribution in [1.29, 1.82) is 0 Å². The third-order valence-corrected chi connectivity index (χ3v) is 3.31. The predicted molar refractivity (Wildman–Crippen MR) is 66.9 cm³/mol. The SMILES string of the molecule is O=C(NCc1csc2ncnn12)c1cc(=O)[nH]cn1. The molecule has 0 aliphatic rings. The van der Waals surface area contributed by atoms with Crippen LogP contribution >= 0.6 is 11.3 Å². The molecule has 3 aromatic rings. The third kappa shape index (κ3) is 2.22. The fourth-order valence-corrected chi connectivity index (χ4v) is 2.35. The number of amides is 1. The molecule has 3 aromatic heterocycles. The van der Waals surface area contributed by atoms with E-state index >= 15 is 0 Å². The highest BCUT2D eigenvalue weighted by Gasteiger charge is 2.10. The number of H-pyrrole nitrogens is 1. The van der Waals surface area contributed by atoms with E-state index in [1.54, 1.807) is 4.52 Å². The van der Waals surface area contributed by atoms with Crippen LogP contribution in [0.2, 0.25) is 0 Å². The molecule has 0 radical (unpaired) electrons. The maximum atomic E-state index is 11.8. The highest BCUT2D eigenvalue weighted by molar-refractivity contribution is 7.15. The summed E-state index contributed by atoms with van der Waals surface area (Å²) >= 11 is 1.44. The van der Waals surface area contributed by atoms with Crippen LogP contribution in [0.15, 0.2) is 28.9 Å². The lowest BCUT2D eigenvalue weighted by Gasteiger charge is -2.02. The van der Waals surface area contributed by atoms with Crippen molar-refractivity contribution in [1.82, 2.24) is 29.9 Å². The molecule has 2 N–H and O–H groups in total. The number of aromatic nitrogens is 5. The number of hydrogen-bond donors (Lipinski definition) is 2. The van der Waals surface area contributed by atoms with E-state index in [1.807, 2.05) is 5.38 Å². The van der Waals surface area contributed by atoms with Crippen LogP contribution in [0.25, 0.3) is 4.96 Å². The van der Waals surface area contributed by atoms with Gasteiger partial charge in [0.15, 0.2) is 0 Å². The second-order valence-corrected chi connectivity index (χ2v) is 4.50.